The minimum absolute atomic E-state index is 0.329. The van der Waals surface area contributed by atoms with Gasteiger partial charge in [-0.15, -0.1) is 0 Å². The fourth-order valence-corrected chi connectivity index (χ4v) is 1.46. The molecule has 1 amide bonds. The summed E-state index contributed by atoms with van der Waals surface area (Å²) < 4.78 is 4.86. The third-order valence-electron chi connectivity index (χ3n) is 2.25. The van der Waals surface area contributed by atoms with E-state index in [4.69, 9.17) is 9.84 Å². The largest absolute Gasteiger partial charge is 0.465 e. The number of amides is 1. The van der Waals surface area contributed by atoms with Crippen molar-refractivity contribution in [2.75, 3.05) is 19.7 Å². The lowest BCUT2D eigenvalue weighted by Crippen LogP contribution is -2.30. The monoisotopic (exact) mass is 213 g/mol. The molecular formula is C10H15NO4. The summed E-state index contributed by atoms with van der Waals surface area (Å²) in [6, 6.07) is 0. The van der Waals surface area contributed by atoms with Gasteiger partial charge in [-0.2, -0.15) is 0 Å². The molecule has 5 nitrogen and oxygen atoms in total. The molecule has 1 aliphatic heterocycles. The van der Waals surface area contributed by atoms with Crippen molar-refractivity contribution in [2.24, 2.45) is 0 Å². The second-order valence-corrected chi connectivity index (χ2v) is 3.26. The fraction of sp³-hybridized carbons (Fsp3) is 0.600. The highest BCUT2D eigenvalue weighted by Gasteiger charge is 2.18. The summed E-state index contributed by atoms with van der Waals surface area (Å²) in [6.07, 6.45) is 1.83. The molecular weight excluding hydrogens is 198 g/mol. The molecule has 0 saturated carbocycles. The first-order valence-corrected chi connectivity index (χ1v) is 4.99. The van der Waals surface area contributed by atoms with Crippen LogP contribution in [0.1, 0.15) is 19.8 Å². The van der Waals surface area contributed by atoms with Gasteiger partial charge < -0.3 is 14.7 Å². The van der Waals surface area contributed by atoms with Crippen LogP contribution in [0.3, 0.4) is 0 Å². The molecule has 1 aliphatic rings. The Kier molecular flexibility index (Phi) is 4.15. The van der Waals surface area contributed by atoms with Crippen molar-refractivity contribution in [1.82, 2.24) is 4.90 Å². The summed E-state index contributed by atoms with van der Waals surface area (Å²) in [7, 11) is 0. The third kappa shape index (κ3) is 3.27. The molecule has 0 radical (unpaired) electrons. The van der Waals surface area contributed by atoms with Gasteiger partial charge in [0.25, 0.3) is 0 Å². The van der Waals surface area contributed by atoms with E-state index in [0.29, 0.717) is 38.1 Å². The Morgan fingerprint density at radius 1 is 1.53 bits per heavy atom. The van der Waals surface area contributed by atoms with Crippen molar-refractivity contribution >= 4 is 12.1 Å². The molecule has 0 atom stereocenters. The molecule has 0 saturated heterocycles. The normalized spacial score (nSPS) is 16.6. The summed E-state index contributed by atoms with van der Waals surface area (Å²) in [5, 5.41) is 8.78. The predicted octanol–water partition coefficient (Wildman–Crippen LogP) is 1.25. The molecule has 0 aliphatic carbocycles. The smallest absolute Gasteiger partial charge is 0.407 e. The van der Waals surface area contributed by atoms with Gasteiger partial charge in [-0.3, -0.25) is 0 Å². The van der Waals surface area contributed by atoms with E-state index in [1.807, 2.05) is 0 Å². The van der Waals surface area contributed by atoms with Crippen LogP contribution in [0.5, 0.6) is 0 Å². The zero-order valence-corrected chi connectivity index (χ0v) is 8.73. The van der Waals surface area contributed by atoms with Crippen molar-refractivity contribution in [3.63, 3.8) is 0 Å². The molecule has 0 unspecified atom stereocenters. The summed E-state index contributed by atoms with van der Waals surface area (Å²) in [6.45, 7) is 2.90. The van der Waals surface area contributed by atoms with Gasteiger partial charge in [0.1, 0.15) is 0 Å². The van der Waals surface area contributed by atoms with E-state index in [2.05, 4.69) is 0 Å². The average molecular weight is 213 g/mol. The van der Waals surface area contributed by atoms with Crippen molar-refractivity contribution in [3.05, 3.63) is 11.6 Å². The Bertz CT molecular complexity index is 285. The minimum atomic E-state index is -0.937. The Hall–Kier alpha value is -1.52. The van der Waals surface area contributed by atoms with Gasteiger partial charge in [-0.05, 0) is 19.8 Å². The molecule has 1 rings (SSSR count). The summed E-state index contributed by atoms with van der Waals surface area (Å²) in [4.78, 5) is 23.4. The quantitative estimate of drug-likeness (QED) is 0.701. The number of hydrogen-bond acceptors (Lipinski definition) is 3. The topological polar surface area (TPSA) is 66.8 Å². The third-order valence-corrected chi connectivity index (χ3v) is 2.25. The van der Waals surface area contributed by atoms with Crippen LogP contribution in [-0.2, 0) is 9.53 Å². The number of carbonyl (C=O) groups excluding carboxylic acids is 1. The first-order valence-electron chi connectivity index (χ1n) is 4.99. The lowest BCUT2D eigenvalue weighted by Gasteiger charge is -2.15. The van der Waals surface area contributed by atoms with Crippen molar-refractivity contribution in [1.29, 1.82) is 0 Å². The summed E-state index contributed by atoms with van der Waals surface area (Å²) >= 11 is 0. The number of carbonyl (C=O) groups is 2. The molecule has 0 spiro atoms. The molecule has 1 heterocycles. The SMILES string of the molecule is CCOC(=O)C1=CCCN(C(=O)O)CC1. The van der Waals surface area contributed by atoms with Gasteiger partial charge in [0.2, 0.25) is 0 Å². The molecule has 0 aromatic heterocycles. The van der Waals surface area contributed by atoms with Crippen LogP contribution < -0.4 is 0 Å². The molecule has 0 aromatic carbocycles. The second kappa shape index (κ2) is 5.38. The highest BCUT2D eigenvalue weighted by molar-refractivity contribution is 5.88. The van der Waals surface area contributed by atoms with E-state index in [0.717, 1.165) is 0 Å². The van der Waals surface area contributed by atoms with Crippen LogP contribution in [0, 0.1) is 0 Å². The van der Waals surface area contributed by atoms with Gasteiger partial charge in [-0.25, -0.2) is 9.59 Å². The number of nitrogens with zero attached hydrogens (tertiary/aromatic N) is 1. The maximum Gasteiger partial charge on any atom is 0.407 e. The number of esters is 1. The van der Waals surface area contributed by atoms with Crippen LogP contribution in [-0.4, -0.2) is 41.8 Å². The maximum atomic E-state index is 11.4. The van der Waals surface area contributed by atoms with Crippen molar-refractivity contribution in [2.45, 2.75) is 19.8 Å². The van der Waals surface area contributed by atoms with Crippen LogP contribution in [0.25, 0.3) is 0 Å². The van der Waals surface area contributed by atoms with Gasteiger partial charge in [0.15, 0.2) is 0 Å². The highest BCUT2D eigenvalue weighted by atomic mass is 16.5. The van der Waals surface area contributed by atoms with E-state index in [-0.39, 0.29) is 5.97 Å². The van der Waals surface area contributed by atoms with Crippen LogP contribution in [0.2, 0.25) is 0 Å². The number of ether oxygens (including phenoxy) is 1. The molecule has 0 aromatic rings. The molecule has 1 N–H and O–H groups in total. The summed E-state index contributed by atoms with van der Waals surface area (Å²) in [5.41, 5.74) is 0.584. The standard InChI is InChI=1S/C10H15NO4/c1-2-15-9(12)8-4-3-6-11(7-5-8)10(13)14/h4H,2-3,5-7H2,1H3,(H,13,14). The lowest BCUT2D eigenvalue weighted by molar-refractivity contribution is -0.138. The Morgan fingerprint density at radius 2 is 2.27 bits per heavy atom. The first kappa shape index (κ1) is 11.6. The molecule has 15 heavy (non-hydrogen) atoms. The van der Waals surface area contributed by atoms with Crippen LogP contribution in [0.4, 0.5) is 4.79 Å². The molecule has 0 fully saturated rings. The number of carboxylic acid groups (broad SMARTS) is 1. The Morgan fingerprint density at radius 3 is 2.87 bits per heavy atom. The van der Waals surface area contributed by atoms with Crippen LogP contribution in [0.15, 0.2) is 11.6 Å². The van der Waals surface area contributed by atoms with E-state index in [1.54, 1.807) is 13.0 Å². The highest BCUT2D eigenvalue weighted by Crippen LogP contribution is 2.12. The van der Waals surface area contributed by atoms with Crippen molar-refractivity contribution < 1.29 is 19.4 Å². The lowest BCUT2D eigenvalue weighted by atomic mass is 10.2. The minimum Gasteiger partial charge on any atom is -0.465 e. The van der Waals surface area contributed by atoms with E-state index < -0.39 is 6.09 Å². The van der Waals surface area contributed by atoms with E-state index >= 15 is 0 Å². The summed E-state index contributed by atoms with van der Waals surface area (Å²) in [5.74, 6) is -0.329. The van der Waals surface area contributed by atoms with Gasteiger partial charge in [-0.1, -0.05) is 6.08 Å². The fourth-order valence-electron chi connectivity index (χ4n) is 1.46. The maximum absolute atomic E-state index is 11.4. The predicted molar refractivity (Wildman–Crippen MR) is 53.5 cm³/mol. The average Bonchev–Trinajstić information content (AvgIpc) is 2.43. The van der Waals surface area contributed by atoms with Crippen molar-refractivity contribution in [3.8, 4) is 0 Å². The molecule has 5 heteroatoms. The Labute approximate surface area is 88.3 Å². The Balaban J connectivity index is 2.53. The van der Waals surface area contributed by atoms with Crippen LogP contribution >= 0.6 is 0 Å². The number of hydrogen-bond donors (Lipinski definition) is 1. The van der Waals surface area contributed by atoms with E-state index in [1.165, 1.54) is 4.90 Å². The van der Waals surface area contributed by atoms with Gasteiger partial charge in [0, 0.05) is 18.7 Å². The van der Waals surface area contributed by atoms with Gasteiger partial charge >= 0.3 is 12.1 Å². The zero-order chi connectivity index (χ0) is 11.3. The number of rotatable bonds is 2. The molecule has 0 bridgehead atoms. The second-order valence-electron chi connectivity index (χ2n) is 3.26. The zero-order valence-electron chi connectivity index (χ0n) is 8.73. The molecule has 84 valence electrons. The first-order chi connectivity index (χ1) is 7.15. The van der Waals surface area contributed by atoms with Gasteiger partial charge in [0.05, 0.1) is 6.61 Å². The van der Waals surface area contributed by atoms with E-state index in [9.17, 15) is 9.59 Å².